The second-order valence-corrected chi connectivity index (χ2v) is 2.57. The van der Waals surface area contributed by atoms with Gasteiger partial charge in [0.2, 0.25) is 0 Å². The highest BCUT2D eigenvalue weighted by Crippen LogP contribution is 2.07. The van der Waals surface area contributed by atoms with Gasteiger partial charge in [-0.2, -0.15) is 0 Å². The minimum absolute atomic E-state index is 0.277. The zero-order valence-electron chi connectivity index (χ0n) is 7.70. The van der Waals surface area contributed by atoms with Crippen molar-refractivity contribution in [1.29, 1.82) is 0 Å². The van der Waals surface area contributed by atoms with Crippen LogP contribution in [0.1, 0.15) is 12.6 Å². The Bertz CT molecular complexity index is 297. The Labute approximate surface area is 75.2 Å². The van der Waals surface area contributed by atoms with E-state index in [0.29, 0.717) is 11.5 Å². The van der Waals surface area contributed by atoms with E-state index in [1.165, 1.54) is 7.11 Å². The van der Waals surface area contributed by atoms with Crippen LogP contribution in [0.5, 0.6) is 0 Å². The van der Waals surface area contributed by atoms with Crippen molar-refractivity contribution in [1.82, 2.24) is 10.3 Å². The maximum absolute atomic E-state index is 11.2. The van der Waals surface area contributed by atoms with E-state index in [0.717, 1.165) is 0 Å². The van der Waals surface area contributed by atoms with Gasteiger partial charge < -0.3 is 10.1 Å². The first-order valence-corrected chi connectivity index (χ1v) is 3.78. The van der Waals surface area contributed by atoms with E-state index >= 15 is 0 Å². The summed E-state index contributed by atoms with van der Waals surface area (Å²) in [6.45, 7) is 3.32. The molecule has 0 spiro atoms. The molecule has 0 aromatic carbocycles. The van der Waals surface area contributed by atoms with Gasteiger partial charge in [-0.3, -0.25) is 4.79 Å². The van der Waals surface area contributed by atoms with E-state index in [9.17, 15) is 4.79 Å². The number of anilines is 1. The fraction of sp³-hybridized carbons (Fsp3) is 0.571. The molecule has 1 atom stereocenters. The first-order valence-electron chi connectivity index (χ1n) is 3.78. The van der Waals surface area contributed by atoms with Crippen LogP contribution in [0.15, 0.2) is 4.63 Å². The lowest BCUT2D eigenvalue weighted by Crippen LogP contribution is -2.26. The van der Waals surface area contributed by atoms with Gasteiger partial charge in [0.05, 0.1) is 0 Å². The van der Waals surface area contributed by atoms with Gasteiger partial charge in [-0.25, -0.2) is 4.63 Å². The SMILES string of the molecule is COC(C)C(=O)Nc1nonc1C. The standard InChI is InChI=1S/C7H11N3O3/c1-4-6(10-13-9-4)8-7(11)5(2)12-3/h5H,1-3H3,(H,8,10,11). The Hall–Kier alpha value is -1.43. The lowest BCUT2D eigenvalue weighted by Gasteiger charge is -2.07. The topological polar surface area (TPSA) is 77.2 Å². The summed E-state index contributed by atoms with van der Waals surface area (Å²) in [6, 6.07) is 0. The van der Waals surface area contributed by atoms with Crippen LogP contribution in [0.2, 0.25) is 0 Å². The van der Waals surface area contributed by atoms with Crippen LogP contribution < -0.4 is 5.32 Å². The van der Waals surface area contributed by atoms with Gasteiger partial charge in [0.1, 0.15) is 11.8 Å². The predicted molar refractivity (Wildman–Crippen MR) is 44.1 cm³/mol. The largest absolute Gasteiger partial charge is 0.372 e. The lowest BCUT2D eigenvalue weighted by atomic mass is 10.3. The number of aryl methyl sites for hydroxylation is 1. The maximum atomic E-state index is 11.2. The van der Waals surface area contributed by atoms with Crippen LogP contribution in [0.25, 0.3) is 0 Å². The van der Waals surface area contributed by atoms with E-state index in [1.54, 1.807) is 13.8 Å². The van der Waals surface area contributed by atoms with Crippen LogP contribution in [-0.2, 0) is 9.53 Å². The van der Waals surface area contributed by atoms with Crippen molar-refractivity contribution >= 4 is 11.7 Å². The average molecular weight is 185 g/mol. The number of carbonyl (C=O) groups is 1. The first-order chi connectivity index (χ1) is 6.15. The third-order valence-corrected chi connectivity index (χ3v) is 1.62. The monoisotopic (exact) mass is 185 g/mol. The van der Waals surface area contributed by atoms with E-state index in [4.69, 9.17) is 4.74 Å². The fourth-order valence-electron chi connectivity index (χ4n) is 0.670. The molecule has 1 unspecified atom stereocenters. The van der Waals surface area contributed by atoms with E-state index in [2.05, 4.69) is 20.3 Å². The highest BCUT2D eigenvalue weighted by molar-refractivity contribution is 5.93. The molecule has 1 aromatic heterocycles. The van der Waals surface area contributed by atoms with E-state index in [1.807, 2.05) is 0 Å². The van der Waals surface area contributed by atoms with Gasteiger partial charge in [0.15, 0.2) is 5.82 Å². The van der Waals surface area contributed by atoms with Crippen molar-refractivity contribution in [3.63, 3.8) is 0 Å². The summed E-state index contributed by atoms with van der Waals surface area (Å²) in [4.78, 5) is 11.2. The molecule has 1 aromatic rings. The molecule has 6 heteroatoms. The summed E-state index contributed by atoms with van der Waals surface area (Å²) in [5.74, 6) is 0.0511. The lowest BCUT2D eigenvalue weighted by molar-refractivity contribution is -0.124. The molecular formula is C7H11N3O3. The molecule has 0 radical (unpaired) electrons. The van der Waals surface area contributed by atoms with Gasteiger partial charge in [0, 0.05) is 7.11 Å². The number of rotatable bonds is 3. The number of nitrogens with one attached hydrogen (secondary N) is 1. The number of nitrogens with zero attached hydrogens (tertiary/aromatic N) is 2. The van der Waals surface area contributed by atoms with Gasteiger partial charge >= 0.3 is 0 Å². The molecule has 72 valence electrons. The molecule has 1 N–H and O–H groups in total. The van der Waals surface area contributed by atoms with Gasteiger partial charge in [-0.05, 0) is 19.0 Å². The highest BCUT2D eigenvalue weighted by Gasteiger charge is 2.14. The van der Waals surface area contributed by atoms with E-state index < -0.39 is 6.10 Å². The zero-order valence-corrected chi connectivity index (χ0v) is 7.70. The molecule has 0 aliphatic heterocycles. The molecule has 13 heavy (non-hydrogen) atoms. The Morgan fingerprint density at radius 3 is 2.77 bits per heavy atom. The smallest absolute Gasteiger partial charge is 0.254 e. The molecule has 6 nitrogen and oxygen atoms in total. The van der Waals surface area contributed by atoms with Crippen LogP contribution in [0.4, 0.5) is 5.82 Å². The van der Waals surface area contributed by atoms with Gasteiger partial charge in [-0.1, -0.05) is 5.16 Å². The maximum Gasteiger partial charge on any atom is 0.254 e. The quantitative estimate of drug-likeness (QED) is 0.735. The normalized spacial score (nSPS) is 12.5. The third kappa shape index (κ3) is 2.25. The van der Waals surface area contributed by atoms with Gasteiger partial charge in [-0.15, -0.1) is 0 Å². The Morgan fingerprint density at radius 2 is 2.31 bits per heavy atom. The minimum Gasteiger partial charge on any atom is -0.372 e. The van der Waals surface area contributed by atoms with Crippen molar-refractivity contribution in [3.05, 3.63) is 5.69 Å². The predicted octanol–water partition coefficient (Wildman–Crippen LogP) is 0.351. The third-order valence-electron chi connectivity index (χ3n) is 1.62. The Kier molecular flexibility index (Phi) is 2.97. The zero-order chi connectivity index (χ0) is 9.84. The summed E-state index contributed by atoms with van der Waals surface area (Å²) in [5, 5.41) is 9.52. The number of ether oxygens (including phenoxy) is 1. The number of aromatic nitrogens is 2. The van der Waals surface area contributed by atoms with Crippen LogP contribution in [-0.4, -0.2) is 29.4 Å². The summed E-state index contributed by atoms with van der Waals surface area (Å²) in [6.07, 6.45) is -0.518. The average Bonchev–Trinajstić information content (AvgIpc) is 2.50. The first kappa shape index (κ1) is 9.66. The second-order valence-electron chi connectivity index (χ2n) is 2.57. The molecular weight excluding hydrogens is 174 g/mol. The molecule has 0 saturated heterocycles. The second kappa shape index (κ2) is 3.99. The van der Waals surface area contributed by atoms with Crippen molar-refractivity contribution < 1.29 is 14.2 Å². The highest BCUT2D eigenvalue weighted by atomic mass is 16.6. The number of hydrogen-bond donors (Lipinski definition) is 1. The minimum atomic E-state index is -0.518. The van der Waals surface area contributed by atoms with Crippen LogP contribution >= 0.6 is 0 Å². The van der Waals surface area contributed by atoms with Crippen LogP contribution in [0.3, 0.4) is 0 Å². The van der Waals surface area contributed by atoms with Crippen LogP contribution in [0, 0.1) is 6.92 Å². The molecule has 0 saturated carbocycles. The Morgan fingerprint density at radius 1 is 1.62 bits per heavy atom. The molecule has 0 bridgehead atoms. The molecule has 0 aliphatic carbocycles. The molecule has 0 aliphatic rings. The number of amides is 1. The van der Waals surface area contributed by atoms with Crippen molar-refractivity contribution in [2.45, 2.75) is 20.0 Å². The number of hydrogen-bond acceptors (Lipinski definition) is 5. The summed E-state index contributed by atoms with van der Waals surface area (Å²) < 4.78 is 9.21. The van der Waals surface area contributed by atoms with E-state index in [-0.39, 0.29) is 5.91 Å². The molecule has 0 fully saturated rings. The Balaban J connectivity index is 2.60. The van der Waals surface area contributed by atoms with Crippen molar-refractivity contribution in [2.75, 3.05) is 12.4 Å². The number of methoxy groups -OCH3 is 1. The summed E-state index contributed by atoms with van der Waals surface area (Å²) >= 11 is 0. The molecule has 1 heterocycles. The molecule has 1 rings (SSSR count). The van der Waals surface area contributed by atoms with Crippen molar-refractivity contribution in [3.8, 4) is 0 Å². The summed E-state index contributed by atoms with van der Waals surface area (Å²) in [7, 11) is 1.46. The summed E-state index contributed by atoms with van der Waals surface area (Å²) in [5.41, 5.74) is 0.539. The number of carbonyl (C=O) groups excluding carboxylic acids is 1. The van der Waals surface area contributed by atoms with Gasteiger partial charge in [0.25, 0.3) is 5.91 Å². The molecule has 1 amide bonds. The van der Waals surface area contributed by atoms with Crippen molar-refractivity contribution in [2.24, 2.45) is 0 Å². The fourth-order valence-corrected chi connectivity index (χ4v) is 0.670.